The van der Waals surface area contributed by atoms with E-state index in [-0.39, 0.29) is 0 Å². The highest BCUT2D eigenvalue weighted by atomic mass is 15.3. The summed E-state index contributed by atoms with van der Waals surface area (Å²) in [6.45, 7) is 7.30. The summed E-state index contributed by atoms with van der Waals surface area (Å²) < 4.78 is 1.22. The highest BCUT2D eigenvalue weighted by Gasteiger charge is 2.12. The molecule has 0 aliphatic heterocycles. The Bertz CT molecular complexity index is 280. The van der Waals surface area contributed by atoms with Gasteiger partial charge in [-0.25, -0.2) is 0 Å². The second-order valence-corrected chi connectivity index (χ2v) is 8.67. The van der Waals surface area contributed by atoms with Gasteiger partial charge < -0.3 is 4.48 Å². The van der Waals surface area contributed by atoms with Gasteiger partial charge in [0.25, 0.3) is 0 Å². The van der Waals surface area contributed by atoms with Crippen LogP contribution in [0.15, 0.2) is 12.2 Å². The summed E-state index contributed by atoms with van der Waals surface area (Å²) in [6, 6.07) is 0. The van der Waals surface area contributed by atoms with Crippen molar-refractivity contribution < 1.29 is 4.48 Å². The number of hydrogen-bond donors (Lipinski definition) is 0. The van der Waals surface area contributed by atoms with E-state index in [9.17, 15) is 0 Å². The van der Waals surface area contributed by atoms with Gasteiger partial charge in [-0.05, 0) is 44.9 Å². The summed E-state index contributed by atoms with van der Waals surface area (Å²) >= 11 is 0. The lowest BCUT2D eigenvalue weighted by Gasteiger charge is -2.29. The van der Waals surface area contributed by atoms with Crippen LogP contribution in [0.25, 0.3) is 0 Å². The Morgan fingerprint density at radius 2 is 0.880 bits per heavy atom. The molecule has 0 aliphatic rings. The molecule has 0 amide bonds. The monoisotopic (exact) mass is 352 g/mol. The fraction of sp³-hybridized carbons (Fsp3) is 0.917. The summed E-state index contributed by atoms with van der Waals surface area (Å²) in [5.74, 6) is 0. The zero-order valence-electron chi connectivity index (χ0n) is 18.3. The number of allylic oxidation sites excluding steroid dienone is 2. The molecule has 0 saturated heterocycles. The first-order valence-electron chi connectivity index (χ1n) is 11.6. The van der Waals surface area contributed by atoms with E-state index >= 15 is 0 Å². The van der Waals surface area contributed by atoms with Crippen LogP contribution >= 0.6 is 0 Å². The molecule has 1 nitrogen and oxygen atoms in total. The third-order valence-corrected chi connectivity index (χ3v) is 5.39. The predicted molar refractivity (Wildman–Crippen MR) is 116 cm³/mol. The summed E-state index contributed by atoms with van der Waals surface area (Å²) in [7, 11) is 4.79. The Morgan fingerprint density at radius 3 is 1.40 bits per heavy atom. The van der Waals surface area contributed by atoms with Gasteiger partial charge in [0.05, 0.1) is 27.2 Å². The van der Waals surface area contributed by atoms with Crippen molar-refractivity contribution in [1.82, 2.24) is 0 Å². The van der Waals surface area contributed by atoms with Crippen LogP contribution in [-0.4, -0.2) is 31.7 Å². The van der Waals surface area contributed by atoms with E-state index in [4.69, 9.17) is 0 Å². The lowest BCUT2D eigenvalue weighted by molar-refractivity contribution is -0.890. The average molecular weight is 353 g/mol. The molecule has 25 heavy (non-hydrogen) atoms. The second kappa shape index (κ2) is 18.5. The van der Waals surface area contributed by atoms with E-state index < -0.39 is 0 Å². The number of quaternary nitrogens is 1. The van der Waals surface area contributed by atoms with Crippen LogP contribution in [0.2, 0.25) is 0 Å². The maximum Gasteiger partial charge on any atom is 0.0782 e. The Morgan fingerprint density at radius 1 is 0.480 bits per heavy atom. The zero-order valence-corrected chi connectivity index (χ0v) is 18.3. The van der Waals surface area contributed by atoms with Crippen molar-refractivity contribution in [2.75, 3.05) is 27.2 Å². The fourth-order valence-electron chi connectivity index (χ4n) is 3.49. The van der Waals surface area contributed by atoms with Crippen LogP contribution in [0.4, 0.5) is 0 Å². The molecule has 0 aromatic heterocycles. The quantitative estimate of drug-likeness (QED) is 0.126. The first kappa shape index (κ1) is 24.7. The highest BCUT2D eigenvalue weighted by Crippen LogP contribution is 2.11. The smallest absolute Gasteiger partial charge is 0.0782 e. The molecule has 0 atom stereocenters. The lowest BCUT2D eigenvalue weighted by atomic mass is 10.1. The first-order valence-corrected chi connectivity index (χ1v) is 11.6. The van der Waals surface area contributed by atoms with Crippen molar-refractivity contribution >= 4 is 0 Å². The van der Waals surface area contributed by atoms with Crippen molar-refractivity contribution in [1.29, 1.82) is 0 Å². The van der Waals surface area contributed by atoms with Crippen LogP contribution < -0.4 is 0 Å². The van der Waals surface area contributed by atoms with Gasteiger partial charge in [-0.3, -0.25) is 0 Å². The lowest BCUT2D eigenvalue weighted by Crippen LogP contribution is -2.41. The molecule has 0 radical (unpaired) electrons. The van der Waals surface area contributed by atoms with E-state index in [0.29, 0.717) is 0 Å². The van der Waals surface area contributed by atoms with Gasteiger partial charge in [0.15, 0.2) is 0 Å². The van der Waals surface area contributed by atoms with Crippen molar-refractivity contribution in [2.45, 2.75) is 117 Å². The van der Waals surface area contributed by atoms with Gasteiger partial charge in [0.1, 0.15) is 0 Å². The topological polar surface area (TPSA) is 0 Å². The Kier molecular flexibility index (Phi) is 18.3. The molecule has 0 aromatic carbocycles. The molecule has 0 aromatic rings. The molecule has 0 spiro atoms. The standard InChI is InChI=1S/C24H50N/c1-5-7-9-10-11-12-13-14-15-16-17-18-19-20-21-22-24-25(3,4)23-8-6-2/h14-15H,5-13,16-24H2,1-4H3/q+1. The summed E-state index contributed by atoms with van der Waals surface area (Å²) in [4.78, 5) is 0. The molecule has 0 bridgehead atoms. The molecular formula is C24H50N+. The normalized spacial score (nSPS) is 12.3. The summed E-state index contributed by atoms with van der Waals surface area (Å²) in [5, 5.41) is 0. The molecule has 150 valence electrons. The minimum absolute atomic E-state index is 1.22. The van der Waals surface area contributed by atoms with Gasteiger partial charge >= 0.3 is 0 Å². The SMILES string of the molecule is CCCCCCCCC=CCCCCCCCC[N+](C)(C)CCCC. The van der Waals surface area contributed by atoms with Crippen LogP contribution in [-0.2, 0) is 0 Å². The van der Waals surface area contributed by atoms with E-state index in [2.05, 4.69) is 40.1 Å². The molecule has 0 fully saturated rings. The molecule has 0 heterocycles. The fourth-order valence-corrected chi connectivity index (χ4v) is 3.49. The minimum Gasteiger partial charge on any atom is -0.328 e. The third kappa shape index (κ3) is 19.9. The predicted octanol–water partition coefficient (Wildman–Crippen LogP) is 7.90. The third-order valence-electron chi connectivity index (χ3n) is 5.39. The minimum atomic E-state index is 1.22. The maximum absolute atomic E-state index is 2.43. The molecule has 0 aliphatic carbocycles. The van der Waals surface area contributed by atoms with Gasteiger partial charge in [-0.2, -0.15) is 0 Å². The Balaban J connectivity index is 3.24. The number of rotatable bonds is 19. The first-order chi connectivity index (χ1) is 12.1. The Labute approximate surface area is 160 Å². The van der Waals surface area contributed by atoms with E-state index in [1.54, 1.807) is 0 Å². The second-order valence-electron chi connectivity index (χ2n) is 8.67. The average Bonchev–Trinajstić information content (AvgIpc) is 2.59. The number of hydrogen-bond acceptors (Lipinski definition) is 0. The number of unbranched alkanes of at least 4 members (excludes halogenated alkanes) is 13. The van der Waals surface area contributed by atoms with Crippen LogP contribution in [0.1, 0.15) is 117 Å². The molecule has 0 unspecified atom stereocenters. The van der Waals surface area contributed by atoms with Gasteiger partial charge in [-0.1, -0.05) is 83.8 Å². The van der Waals surface area contributed by atoms with E-state index in [1.807, 2.05) is 0 Å². The zero-order chi connectivity index (χ0) is 18.6. The maximum atomic E-state index is 2.43. The van der Waals surface area contributed by atoms with E-state index in [0.717, 1.165) is 0 Å². The molecule has 0 saturated carbocycles. The van der Waals surface area contributed by atoms with E-state index in [1.165, 1.54) is 120 Å². The van der Waals surface area contributed by atoms with Crippen molar-refractivity contribution in [3.63, 3.8) is 0 Å². The van der Waals surface area contributed by atoms with Crippen molar-refractivity contribution in [2.24, 2.45) is 0 Å². The largest absolute Gasteiger partial charge is 0.328 e. The van der Waals surface area contributed by atoms with Crippen LogP contribution in [0, 0.1) is 0 Å². The number of nitrogens with zero attached hydrogens (tertiary/aromatic N) is 1. The van der Waals surface area contributed by atoms with Crippen LogP contribution in [0.3, 0.4) is 0 Å². The molecule has 0 rings (SSSR count). The molecule has 0 N–H and O–H groups in total. The highest BCUT2D eigenvalue weighted by molar-refractivity contribution is 4.81. The van der Waals surface area contributed by atoms with Gasteiger partial charge in [-0.15, -0.1) is 0 Å². The summed E-state index contributed by atoms with van der Waals surface area (Å²) in [6.07, 6.45) is 27.2. The van der Waals surface area contributed by atoms with Crippen molar-refractivity contribution in [3.8, 4) is 0 Å². The van der Waals surface area contributed by atoms with Gasteiger partial charge in [0.2, 0.25) is 0 Å². The van der Waals surface area contributed by atoms with Gasteiger partial charge in [0, 0.05) is 0 Å². The Hall–Kier alpha value is -0.300. The molecule has 1 heteroatoms. The summed E-state index contributed by atoms with van der Waals surface area (Å²) in [5.41, 5.74) is 0. The van der Waals surface area contributed by atoms with Crippen LogP contribution in [0.5, 0.6) is 0 Å². The molecular weight excluding hydrogens is 302 g/mol. The van der Waals surface area contributed by atoms with Crippen molar-refractivity contribution in [3.05, 3.63) is 12.2 Å².